The maximum Gasteiger partial charge on any atom is 0.267 e. The van der Waals surface area contributed by atoms with E-state index in [0.29, 0.717) is 11.6 Å². The molecule has 1 N–H and O–H groups in total. The van der Waals surface area contributed by atoms with Crippen molar-refractivity contribution in [2.24, 2.45) is 0 Å². The van der Waals surface area contributed by atoms with Gasteiger partial charge in [-0.3, -0.25) is 9.63 Å². The number of amides is 1. The van der Waals surface area contributed by atoms with E-state index in [1.54, 1.807) is 6.08 Å². The fraction of sp³-hybridized carbons (Fsp3) is 0.118. The van der Waals surface area contributed by atoms with Crippen LogP contribution in [0.25, 0.3) is 6.08 Å². The second-order valence-electron chi connectivity index (χ2n) is 4.58. The SMILES string of the molecule is Cc1ccc(/C=C/C(=O)NOCc2ccccc2)cc1Cl. The summed E-state index contributed by atoms with van der Waals surface area (Å²) in [6, 6.07) is 15.2. The van der Waals surface area contributed by atoms with Crippen LogP contribution >= 0.6 is 11.6 Å². The number of rotatable bonds is 5. The van der Waals surface area contributed by atoms with Crippen molar-refractivity contribution in [3.63, 3.8) is 0 Å². The van der Waals surface area contributed by atoms with Gasteiger partial charge in [-0.2, -0.15) is 0 Å². The van der Waals surface area contributed by atoms with Crippen molar-refractivity contribution in [3.8, 4) is 0 Å². The van der Waals surface area contributed by atoms with E-state index < -0.39 is 0 Å². The highest BCUT2D eigenvalue weighted by Crippen LogP contribution is 2.17. The lowest BCUT2D eigenvalue weighted by molar-refractivity contribution is -0.129. The van der Waals surface area contributed by atoms with Crippen molar-refractivity contribution < 1.29 is 9.63 Å². The number of hydrogen-bond donors (Lipinski definition) is 1. The van der Waals surface area contributed by atoms with E-state index in [1.165, 1.54) is 6.08 Å². The average molecular weight is 302 g/mol. The lowest BCUT2D eigenvalue weighted by Crippen LogP contribution is -2.21. The third-order valence-corrected chi connectivity index (χ3v) is 3.28. The highest BCUT2D eigenvalue weighted by Gasteiger charge is 1.98. The molecule has 3 nitrogen and oxygen atoms in total. The van der Waals surface area contributed by atoms with Gasteiger partial charge in [0, 0.05) is 11.1 Å². The lowest BCUT2D eigenvalue weighted by atomic mass is 10.1. The number of halogens is 1. The van der Waals surface area contributed by atoms with Crippen molar-refractivity contribution in [1.29, 1.82) is 0 Å². The van der Waals surface area contributed by atoms with E-state index in [1.807, 2.05) is 55.5 Å². The van der Waals surface area contributed by atoms with Gasteiger partial charge < -0.3 is 0 Å². The molecule has 0 atom stereocenters. The Hall–Kier alpha value is -2.10. The third kappa shape index (κ3) is 5.06. The van der Waals surface area contributed by atoms with E-state index in [4.69, 9.17) is 16.4 Å². The minimum atomic E-state index is -0.317. The molecule has 4 heteroatoms. The largest absolute Gasteiger partial charge is 0.269 e. The molecular weight excluding hydrogens is 286 g/mol. The Labute approximate surface area is 129 Å². The smallest absolute Gasteiger partial charge is 0.267 e. The summed E-state index contributed by atoms with van der Waals surface area (Å²) in [4.78, 5) is 16.7. The van der Waals surface area contributed by atoms with Crippen molar-refractivity contribution >= 4 is 23.6 Å². The lowest BCUT2D eigenvalue weighted by Gasteiger charge is -2.03. The Morgan fingerprint density at radius 3 is 2.71 bits per heavy atom. The van der Waals surface area contributed by atoms with Gasteiger partial charge in [-0.05, 0) is 35.8 Å². The molecule has 0 aliphatic heterocycles. The first kappa shape index (κ1) is 15.3. The van der Waals surface area contributed by atoms with E-state index >= 15 is 0 Å². The fourth-order valence-electron chi connectivity index (χ4n) is 1.68. The molecule has 0 radical (unpaired) electrons. The van der Waals surface area contributed by atoms with Crippen LogP contribution in [-0.4, -0.2) is 5.91 Å². The van der Waals surface area contributed by atoms with Crippen LogP contribution in [0.2, 0.25) is 5.02 Å². The summed E-state index contributed by atoms with van der Waals surface area (Å²) in [6.07, 6.45) is 3.10. The molecule has 0 spiro atoms. The third-order valence-electron chi connectivity index (χ3n) is 2.88. The fourth-order valence-corrected chi connectivity index (χ4v) is 1.87. The first-order valence-corrected chi connectivity index (χ1v) is 6.93. The monoisotopic (exact) mass is 301 g/mol. The van der Waals surface area contributed by atoms with Gasteiger partial charge in [-0.25, -0.2) is 5.48 Å². The molecule has 0 heterocycles. The van der Waals surface area contributed by atoms with E-state index in [0.717, 1.165) is 16.7 Å². The summed E-state index contributed by atoms with van der Waals surface area (Å²) in [7, 11) is 0. The summed E-state index contributed by atoms with van der Waals surface area (Å²) in [5.74, 6) is -0.317. The molecule has 0 aliphatic rings. The van der Waals surface area contributed by atoms with E-state index in [-0.39, 0.29) is 5.91 Å². The highest BCUT2D eigenvalue weighted by molar-refractivity contribution is 6.31. The molecule has 0 aromatic heterocycles. The predicted octanol–water partition coefficient (Wildman–Crippen LogP) is 3.91. The Balaban J connectivity index is 1.81. The molecule has 108 valence electrons. The Morgan fingerprint density at radius 2 is 2.00 bits per heavy atom. The van der Waals surface area contributed by atoms with Crippen molar-refractivity contribution in [3.05, 3.63) is 76.3 Å². The molecule has 0 saturated carbocycles. The predicted molar refractivity (Wildman–Crippen MR) is 84.6 cm³/mol. The quantitative estimate of drug-likeness (QED) is 0.671. The summed E-state index contributed by atoms with van der Waals surface area (Å²) in [5, 5.41) is 0.679. The molecule has 2 rings (SSSR count). The van der Waals surface area contributed by atoms with Gasteiger partial charge >= 0.3 is 0 Å². The highest BCUT2D eigenvalue weighted by atomic mass is 35.5. The number of hydroxylamine groups is 1. The van der Waals surface area contributed by atoms with Gasteiger partial charge in [0.05, 0.1) is 6.61 Å². The van der Waals surface area contributed by atoms with Gasteiger partial charge in [-0.15, -0.1) is 0 Å². The minimum Gasteiger partial charge on any atom is -0.269 e. The van der Waals surface area contributed by atoms with Crippen LogP contribution in [0, 0.1) is 6.92 Å². The Bertz CT molecular complexity index is 638. The van der Waals surface area contributed by atoms with Crippen LogP contribution < -0.4 is 5.48 Å². The van der Waals surface area contributed by atoms with Crippen LogP contribution in [0.15, 0.2) is 54.6 Å². The molecular formula is C17H16ClNO2. The molecule has 2 aromatic carbocycles. The first-order chi connectivity index (χ1) is 10.1. The van der Waals surface area contributed by atoms with Crippen LogP contribution in [-0.2, 0) is 16.2 Å². The first-order valence-electron chi connectivity index (χ1n) is 6.55. The van der Waals surface area contributed by atoms with Crippen molar-refractivity contribution in [2.75, 3.05) is 0 Å². The number of carbonyl (C=O) groups excluding carboxylic acids is 1. The normalized spacial score (nSPS) is 10.8. The molecule has 0 bridgehead atoms. The summed E-state index contributed by atoms with van der Waals surface area (Å²) < 4.78 is 0. The molecule has 0 saturated heterocycles. The number of carbonyl (C=O) groups is 1. The second-order valence-corrected chi connectivity index (χ2v) is 4.99. The van der Waals surface area contributed by atoms with Crippen molar-refractivity contribution in [1.82, 2.24) is 5.48 Å². The number of aryl methyl sites for hydroxylation is 1. The number of nitrogens with one attached hydrogen (secondary N) is 1. The molecule has 2 aromatic rings. The van der Waals surface area contributed by atoms with Crippen molar-refractivity contribution in [2.45, 2.75) is 13.5 Å². The van der Waals surface area contributed by atoms with Crippen LogP contribution in [0.5, 0.6) is 0 Å². The van der Waals surface area contributed by atoms with Crippen LogP contribution in [0.1, 0.15) is 16.7 Å². The molecule has 0 fully saturated rings. The van der Waals surface area contributed by atoms with Gasteiger partial charge in [0.25, 0.3) is 5.91 Å². The number of hydrogen-bond acceptors (Lipinski definition) is 2. The van der Waals surface area contributed by atoms with E-state index in [9.17, 15) is 4.79 Å². The van der Waals surface area contributed by atoms with Crippen LogP contribution in [0.4, 0.5) is 0 Å². The van der Waals surface area contributed by atoms with Gasteiger partial charge in [0.15, 0.2) is 0 Å². The topological polar surface area (TPSA) is 38.3 Å². The van der Waals surface area contributed by atoms with Gasteiger partial charge in [-0.1, -0.05) is 54.1 Å². The maximum atomic E-state index is 11.6. The maximum absolute atomic E-state index is 11.6. The summed E-state index contributed by atoms with van der Waals surface area (Å²) in [5.41, 5.74) is 5.23. The summed E-state index contributed by atoms with van der Waals surface area (Å²) in [6.45, 7) is 2.26. The van der Waals surface area contributed by atoms with E-state index in [2.05, 4.69) is 5.48 Å². The van der Waals surface area contributed by atoms with Crippen LogP contribution in [0.3, 0.4) is 0 Å². The average Bonchev–Trinajstić information content (AvgIpc) is 2.49. The molecule has 21 heavy (non-hydrogen) atoms. The molecule has 0 aliphatic carbocycles. The minimum absolute atomic E-state index is 0.317. The Kier molecular flexibility index (Phi) is 5.55. The van der Waals surface area contributed by atoms with Gasteiger partial charge in [0.1, 0.15) is 0 Å². The zero-order valence-electron chi connectivity index (χ0n) is 11.7. The summed E-state index contributed by atoms with van der Waals surface area (Å²) >= 11 is 6.02. The molecule has 1 amide bonds. The zero-order chi connectivity index (χ0) is 15.1. The Morgan fingerprint density at radius 1 is 1.24 bits per heavy atom. The number of benzene rings is 2. The molecule has 0 unspecified atom stereocenters. The zero-order valence-corrected chi connectivity index (χ0v) is 12.4. The van der Waals surface area contributed by atoms with Gasteiger partial charge in [0.2, 0.25) is 0 Å². The standard InChI is InChI=1S/C17H16ClNO2/c1-13-7-8-14(11-16(13)18)9-10-17(20)19-21-12-15-5-3-2-4-6-15/h2-11H,12H2,1H3,(H,19,20)/b10-9+. The second kappa shape index (κ2) is 7.62.